The van der Waals surface area contributed by atoms with Crippen molar-refractivity contribution in [2.24, 2.45) is 0 Å². The van der Waals surface area contributed by atoms with E-state index in [1.54, 1.807) is 0 Å². The highest BCUT2D eigenvalue weighted by atomic mass is 16.5. The molecule has 1 aromatic heterocycles. The van der Waals surface area contributed by atoms with Gasteiger partial charge in [-0.2, -0.15) is 0 Å². The van der Waals surface area contributed by atoms with Gasteiger partial charge >= 0.3 is 0 Å². The van der Waals surface area contributed by atoms with E-state index in [0.717, 1.165) is 11.6 Å². The Morgan fingerprint density at radius 1 is 1.00 bits per heavy atom. The smallest absolute Gasteiger partial charge is 0.200 e. The topological polar surface area (TPSA) is 109 Å². The number of ether oxygens (including phenoxy) is 2. The van der Waals surface area contributed by atoms with E-state index < -0.39 is 5.43 Å². The van der Waals surface area contributed by atoms with Gasteiger partial charge in [0.05, 0.1) is 14.2 Å². The molecule has 0 fully saturated rings. The Labute approximate surface area is 167 Å². The summed E-state index contributed by atoms with van der Waals surface area (Å²) in [6.07, 6.45) is 2.20. The third-order valence-corrected chi connectivity index (χ3v) is 4.54. The van der Waals surface area contributed by atoms with Gasteiger partial charge in [-0.3, -0.25) is 4.79 Å². The average Bonchev–Trinajstić information content (AvgIpc) is 2.67. The molecular formula is C22H22O7. The highest BCUT2D eigenvalue weighted by molar-refractivity contribution is 5.89. The maximum absolute atomic E-state index is 12.7. The fourth-order valence-electron chi connectivity index (χ4n) is 3.04. The standard InChI is InChI=1S/C22H22O7/c1-11(2)5-6-13-14(23)9-15(24)20-16(25)10-17(29-22(13)20)12-7-18(27-3)21(26)19(8-12)28-4/h5,7-10,23-24,26H,6H2,1-4H3. The minimum absolute atomic E-state index is 0.0126. The second kappa shape index (κ2) is 7.79. The van der Waals surface area contributed by atoms with Gasteiger partial charge in [-0.25, -0.2) is 0 Å². The molecule has 7 nitrogen and oxygen atoms in total. The van der Waals surface area contributed by atoms with Crippen LogP contribution >= 0.6 is 0 Å². The van der Waals surface area contributed by atoms with Crippen molar-refractivity contribution in [3.63, 3.8) is 0 Å². The normalized spacial score (nSPS) is 10.8. The summed E-state index contributed by atoms with van der Waals surface area (Å²) < 4.78 is 16.3. The molecule has 0 saturated carbocycles. The largest absolute Gasteiger partial charge is 0.507 e. The van der Waals surface area contributed by atoms with Gasteiger partial charge in [0.2, 0.25) is 5.75 Å². The Bertz CT molecular complexity index is 1140. The molecule has 0 aliphatic heterocycles. The predicted octanol–water partition coefficient (Wildman–Crippen LogP) is 4.10. The Balaban J connectivity index is 2.33. The molecule has 0 unspecified atom stereocenters. The summed E-state index contributed by atoms with van der Waals surface area (Å²) in [5.74, 6) is -0.256. The summed E-state index contributed by atoms with van der Waals surface area (Å²) in [5.41, 5.74) is 1.45. The molecule has 7 heteroatoms. The first-order chi connectivity index (χ1) is 13.8. The van der Waals surface area contributed by atoms with E-state index in [0.29, 0.717) is 17.5 Å². The van der Waals surface area contributed by atoms with Crippen LogP contribution in [0.5, 0.6) is 28.7 Å². The molecule has 0 spiro atoms. The van der Waals surface area contributed by atoms with Crippen molar-refractivity contribution in [1.82, 2.24) is 0 Å². The van der Waals surface area contributed by atoms with Crippen LogP contribution in [0.2, 0.25) is 0 Å². The minimum Gasteiger partial charge on any atom is -0.507 e. The molecule has 0 aliphatic carbocycles. The van der Waals surface area contributed by atoms with Gasteiger partial charge < -0.3 is 29.2 Å². The van der Waals surface area contributed by atoms with Crippen LogP contribution in [0.4, 0.5) is 0 Å². The van der Waals surface area contributed by atoms with Crippen molar-refractivity contribution >= 4 is 11.0 Å². The molecule has 0 saturated heterocycles. The molecule has 3 N–H and O–H groups in total. The van der Waals surface area contributed by atoms with Crippen molar-refractivity contribution in [3.05, 3.63) is 51.7 Å². The van der Waals surface area contributed by atoms with Crippen molar-refractivity contribution in [2.75, 3.05) is 14.2 Å². The van der Waals surface area contributed by atoms with Crippen molar-refractivity contribution < 1.29 is 29.2 Å². The van der Waals surface area contributed by atoms with E-state index in [1.165, 1.54) is 32.4 Å². The first-order valence-electron chi connectivity index (χ1n) is 8.87. The van der Waals surface area contributed by atoms with E-state index in [1.807, 2.05) is 19.9 Å². The lowest BCUT2D eigenvalue weighted by Gasteiger charge is -2.13. The van der Waals surface area contributed by atoms with Crippen molar-refractivity contribution in [2.45, 2.75) is 20.3 Å². The Morgan fingerprint density at radius 2 is 1.62 bits per heavy atom. The number of phenolic OH excluding ortho intramolecular Hbond substituents is 3. The Hall–Kier alpha value is -3.61. The summed E-state index contributed by atoms with van der Waals surface area (Å²) in [5, 5.41) is 30.6. The van der Waals surface area contributed by atoms with Crippen molar-refractivity contribution in [3.8, 4) is 40.1 Å². The van der Waals surface area contributed by atoms with Crippen LogP contribution in [0.3, 0.4) is 0 Å². The number of phenols is 3. The SMILES string of the molecule is COc1cc(-c2cc(=O)c3c(O)cc(O)c(CC=C(C)C)c3o2)cc(OC)c1O. The Morgan fingerprint density at radius 3 is 2.17 bits per heavy atom. The van der Waals surface area contributed by atoms with E-state index in [9.17, 15) is 20.1 Å². The molecule has 0 radical (unpaired) electrons. The molecular weight excluding hydrogens is 376 g/mol. The third-order valence-electron chi connectivity index (χ3n) is 4.54. The molecule has 0 aliphatic rings. The highest BCUT2D eigenvalue weighted by Gasteiger charge is 2.19. The molecule has 3 rings (SSSR count). The summed E-state index contributed by atoms with van der Waals surface area (Å²) in [6.45, 7) is 3.83. The number of hydrogen-bond acceptors (Lipinski definition) is 7. The van der Waals surface area contributed by atoms with Crippen LogP contribution in [0.15, 0.2) is 45.1 Å². The summed E-state index contributed by atoms with van der Waals surface area (Å²) in [7, 11) is 2.78. The lowest BCUT2D eigenvalue weighted by atomic mass is 10.0. The zero-order valence-electron chi connectivity index (χ0n) is 16.6. The second-order valence-corrected chi connectivity index (χ2v) is 6.79. The molecule has 0 amide bonds. The minimum atomic E-state index is -0.469. The first-order valence-corrected chi connectivity index (χ1v) is 8.87. The van der Waals surface area contributed by atoms with Crippen LogP contribution in [0.25, 0.3) is 22.3 Å². The molecule has 2 aromatic carbocycles. The summed E-state index contributed by atoms with van der Waals surface area (Å²) in [4.78, 5) is 12.7. The molecule has 1 heterocycles. The van der Waals surface area contributed by atoms with E-state index in [4.69, 9.17) is 13.9 Å². The van der Waals surface area contributed by atoms with E-state index in [-0.39, 0.29) is 45.5 Å². The van der Waals surface area contributed by atoms with E-state index in [2.05, 4.69) is 0 Å². The summed E-state index contributed by atoms with van der Waals surface area (Å²) >= 11 is 0. The zero-order chi connectivity index (χ0) is 21.3. The number of rotatable bonds is 5. The van der Waals surface area contributed by atoms with Gasteiger partial charge in [0.1, 0.15) is 28.2 Å². The molecule has 152 valence electrons. The number of methoxy groups -OCH3 is 2. The fraction of sp³-hybridized carbons (Fsp3) is 0.227. The van der Waals surface area contributed by atoms with Gasteiger partial charge in [-0.05, 0) is 32.4 Å². The average molecular weight is 398 g/mol. The number of benzene rings is 2. The van der Waals surface area contributed by atoms with Crippen LogP contribution in [-0.2, 0) is 6.42 Å². The van der Waals surface area contributed by atoms with Crippen LogP contribution in [0.1, 0.15) is 19.4 Å². The maximum Gasteiger partial charge on any atom is 0.200 e. The van der Waals surface area contributed by atoms with Gasteiger partial charge in [0.25, 0.3) is 0 Å². The lowest BCUT2D eigenvalue weighted by Crippen LogP contribution is -2.03. The quantitative estimate of drug-likeness (QED) is 0.555. The molecule has 0 atom stereocenters. The number of aromatic hydroxyl groups is 3. The lowest BCUT2D eigenvalue weighted by molar-refractivity contribution is 0.340. The number of fused-ring (bicyclic) bond motifs is 1. The molecule has 0 bridgehead atoms. The maximum atomic E-state index is 12.7. The van der Waals surface area contributed by atoms with Crippen LogP contribution in [0, 0.1) is 0 Å². The number of hydrogen-bond donors (Lipinski definition) is 3. The van der Waals surface area contributed by atoms with E-state index >= 15 is 0 Å². The van der Waals surface area contributed by atoms with Gasteiger partial charge in [0, 0.05) is 23.3 Å². The highest BCUT2D eigenvalue weighted by Crippen LogP contribution is 2.41. The van der Waals surface area contributed by atoms with Crippen LogP contribution in [-0.4, -0.2) is 29.5 Å². The zero-order valence-corrected chi connectivity index (χ0v) is 16.6. The molecule has 3 aromatic rings. The number of allylic oxidation sites excluding steroid dienone is 2. The third kappa shape index (κ3) is 3.71. The van der Waals surface area contributed by atoms with Gasteiger partial charge in [0.15, 0.2) is 16.9 Å². The second-order valence-electron chi connectivity index (χ2n) is 6.79. The van der Waals surface area contributed by atoms with Crippen LogP contribution < -0.4 is 14.9 Å². The monoisotopic (exact) mass is 398 g/mol. The summed E-state index contributed by atoms with van der Waals surface area (Å²) in [6, 6.07) is 5.37. The van der Waals surface area contributed by atoms with Gasteiger partial charge in [-0.1, -0.05) is 11.6 Å². The Kier molecular flexibility index (Phi) is 5.41. The fourth-order valence-corrected chi connectivity index (χ4v) is 3.04. The van der Waals surface area contributed by atoms with Crippen molar-refractivity contribution in [1.29, 1.82) is 0 Å². The first kappa shape index (κ1) is 20.1. The predicted molar refractivity (Wildman–Crippen MR) is 109 cm³/mol. The molecule has 29 heavy (non-hydrogen) atoms. The van der Waals surface area contributed by atoms with Gasteiger partial charge in [-0.15, -0.1) is 0 Å².